The van der Waals surface area contributed by atoms with Crippen LogP contribution in [0, 0.1) is 5.92 Å². The normalized spacial score (nSPS) is 11.1. The van der Waals surface area contributed by atoms with Gasteiger partial charge in [0.1, 0.15) is 11.4 Å². The minimum Gasteiger partial charge on any atom is -0.384 e. The Hall–Kier alpha value is -2.18. The van der Waals surface area contributed by atoms with Crippen molar-refractivity contribution in [1.29, 1.82) is 0 Å². The maximum Gasteiger partial charge on any atom is 0.330 e. The second-order valence-corrected chi connectivity index (χ2v) is 8.22. The molecule has 0 aliphatic rings. The molecule has 0 radical (unpaired) electrons. The fourth-order valence-electron chi connectivity index (χ4n) is 2.09. The number of hydrogen-bond acceptors (Lipinski definition) is 10. The van der Waals surface area contributed by atoms with Crippen LogP contribution in [0.4, 0.5) is 10.9 Å². The SMILES string of the molecule is COCCn1c(N)c(C(=O)CSc2nnc(NCC(C)C)s2)c(=O)[nH]c1=O. The molecule has 0 saturated carbocycles. The van der Waals surface area contributed by atoms with E-state index in [2.05, 4.69) is 34.3 Å². The molecule has 2 heterocycles. The van der Waals surface area contributed by atoms with E-state index >= 15 is 0 Å². The van der Waals surface area contributed by atoms with Gasteiger partial charge >= 0.3 is 5.69 Å². The number of nitrogens with two attached hydrogens (primary N) is 1. The number of anilines is 2. The monoisotopic (exact) mass is 414 g/mol. The number of H-pyrrole nitrogens is 1. The van der Waals surface area contributed by atoms with Crippen molar-refractivity contribution < 1.29 is 9.53 Å². The molecule has 0 fully saturated rings. The average molecular weight is 415 g/mol. The van der Waals surface area contributed by atoms with Gasteiger partial charge < -0.3 is 15.8 Å². The van der Waals surface area contributed by atoms with Crippen molar-refractivity contribution in [3.63, 3.8) is 0 Å². The number of Topliss-reactive ketones (excluding diaryl/α,β-unsaturated/α-hetero) is 1. The molecule has 0 unspecified atom stereocenters. The molecule has 0 spiro atoms. The highest BCUT2D eigenvalue weighted by atomic mass is 32.2. The number of nitrogens with one attached hydrogen (secondary N) is 2. The lowest BCUT2D eigenvalue weighted by Crippen LogP contribution is -2.37. The Labute approximate surface area is 163 Å². The second kappa shape index (κ2) is 9.67. The molecule has 12 heteroatoms. The van der Waals surface area contributed by atoms with Crippen molar-refractivity contribution in [3.05, 3.63) is 26.4 Å². The number of rotatable bonds is 10. The first-order valence-corrected chi connectivity index (χ1v) is 9.98. The predicted molar refractivity (Wildman–Crippen MR) is 106 cm³/mol. The molecule has 0 aromatic carbocycles. The smallest absolute Gasteiger partial charge is 0.330 e. The summed E-state index contributed by atoms with van der Waals surface area (Å²) in [5.74, 6) is -0.232. The number of carbonyl (C=O) groups excluding carboxylic acids is 1. The third-order valence-corrected chi connectivity index (χ3v) is 5.45. The van der Waals surface area contributed by atoms with E-state index in [1.807, 2.05) is 0 Å². The van der Waals surface area contributed by atoms with Crippen LogP contribution in [-0.4, -0.2) is 51.5 Å². The van der Waals surface area contributed by atoms with Crippen LogP contribution in [-0.2, 0) is 11.3 Å². The molecule has 0 aliphatic heterocycles. The zero-order valence-corrected chi connectivity index (χ0v) is 16.9. The van der Waals surface area contributed by atoms with Crippen LogP contribution in [0.25, 0.3) is 0 Å². The van der Waals surface area contributed by atoms with Crippen LogP contribution in [0.15, 0.2) is 13.9 Å². The van der Waals surface area contributed by atoms with Gasteiger partial charge in [-0.15, -0.1) is 10.2 Å². The molecular weight excluding hydrogens is 392 g/mol. The molecule has 27 heavy (non-hydrogen) atoms. The van der Waals surface area contributed by atoms with Crippen molar-refractivity contribution in [1.82, 2.24) is 19.7 Å². The van der Waals surface area contributed by atoms with E-state index in [0.717, 1.165) is 22.9 Å². The lowest BCUT2D eigenvalue weighted by molar-refractivity contribution is 0.102. The van der Waals surface area contributed by atoms with Gasteiger partial charge in [-0.2, -0.15) is 0 Å². The molecule has 10 nitrogen and oxygen atoms in total. The van der Waals surface area contributed by atoms with Crippen LogP contribution in [0.1, 0.15) is 24.2 Å². The van der Waals surface area contributed by atoms with Crippen molar-refractivity contribution in [2.75, 3.05) is 37.1 Å². The summed E-state index contributed by atoms with van der Waals surface area (Å²) in [6, 6.07) is 0. The number of aromatic nitrogens is 4. The van der Waals surface area contributed by atoms with E-state index < -0.39 is 17.0 Å². The summed E-state index contributed by atoms with van der Waals surface area (Å²) in [5, 5.41) is 11.8. The zero-order valence-electron chi connectivity index (χ0n) is 15.3. The number of carbonyl (C=O) groups is 1. The number of aromatic amines is 1. The largest absolute Gasteiger partial charge is 0.384 e. The zero-order chi connectivity index (χ0) is 20.0. The molecule has 0 bridgehead atoms. The van der Waals surface area contributed by atoms with Gasteiger partial charge in [0.2, 0.25) is 5.13 Å². The Kier molecular flexibility index (Phi) is 7.56. The van der Waals surface area contributed by atoms with Gasteiger partial charge in [0.15, 0.2) is 10.1 Å². The Balaban J connectivity index is 2.10. The van der Waals surface area contributed by atoms with Gasteiger partial charge in [0.25, 0.3) is 5.56 Å². The summed E-state index contributed by atoms with van der Waals surface area (Å²) < 4.78 is 6.62. The number of hydrogen-bond donors (Lipinski definition) is 3. The van der Waals surface area contributed by atoms with Crippen LogP contribution < -0.4 is 22.3 Å². The topological polar surface area (TPSA) is 145 Å². The van der Waals surface area contributed by atoms with E-state index in [0.29, 0.717) is 15.4 Å². The van der Waals surface area contributed by atoms with Gasteiger partial charge in [0, 0.05) is 13.7 Å². The fraction of sp³-hybridized carbons (Fsp3) is 0.533. The molecule has 0 amide bonds. The molecule has 148 valence electrons. The first-order valence-electron chi connectivity index (χ1n) is 8.18. The number of thioether (sulfide) groups is 1. The van der Waals surface area contributed by atoms with Crippen molar-refractivity contribution in [3.8, 4) is 0 Å². The van der Waals surface area contributed by atoms with Crippen LogP contribution >= 0.6 is 23.1 Å². The van der Waals surface area contributed by atoms with Crippen molar-refractivity contribution in [2.45, 2.75) is 24.7 Å². The highest BCUT2D eigenvalue weighted by Crippen LogP contribution is 2.26. The third kappa shape index (κ3) is 5.65. The Morgan fingerprint density at radius 1 is 1.41 bits per heavy atom. The van der Waals surface area contributed by atoms with Crippen LogP contribution in [0.3, 0.4) is 0 Å². The summed E-state index contributed by atoms with van der Waals surface area (Å²) in [7, 11) is 1.47. The first-order chi connectivity index (χ1) is 12.8. The van der Waals surface area contributed by atoms with Gasteiger partial charge in [-0.3, -0.25) is 19.1 Å². The second-order valence-electron chi connectivity index (χ2n) is 6.02. The quantitative estimate of drug-likeness (QED) is 0.377. The maximum absolute atomic E-state index is 12.5. The number of nitrogen functional groups attached to an aromatic ring is 1. The molecule has 0 atom stereocenters. The fourth-order valence-corrected chi connectivity index (χ4v) is 3.72. The lowest BCUT2D eigenvalue weighted by atomic mass is 10.2. The molecule has 2 rings (SSSR count). The summed E-state index contributed by atoms with van der Waals surface area (Å²) in [5.41, 5.74) is 4.18. The molecule has 4 N–H and O–H groups in total. The van der Waals surface area contributed by atoms with Gasteiger partial charge in [-0.25, -0.2) is 4.79 Å². The van der Waals surface area contributed by atoms with E-state index in [1.54, 1.807) is 0 Å². The first kappa shape index (κ1) is 21.1. The van der Waals surface area contributed by atoms with E-state index in [-0.39, 0.29) is 30.3 Å². The number of nitrogens with zero attached hydrogens (tertiary/aromatic N) is 3. The Bertz CT molecular complexity index is 904. The standard InChI is InChI=1S/C15H22N6O4S2/c1-8(2)6-17-13-19-20-15(27-13)26-7-9(22)10-11(16)21(4-5-25-3)14(24)18-12(10)23/h8H,4-7,16H2,1-3H3,(H,17,19)(H,18,23,24). The number of ether oxygens (including phenoxy) is 1. The van der Waals surface area contributed by atoms with Gasteiger partial charge in [-0.1, -0.05) is 36.9 Å². The summed E-state index contributed by atoms with van der Waals surface area (Å²) >= 11 is 2.48. The third-order valence-electron chi connectivity index (χ3n) is 3.43. The average Bonchev–Trinajstić information content (AvgIpc) is 3.05. The minimum atomic E-state index is -0.798. The van der Waals surface area contributed by atoms with E-state index in [1.165, 1.54) is 18.4 Å². The Morgan fingerprint density at radius 2 is 2.15 bits per heavy atom. The van der Waals surface area contributed by atoms with Gasteiger partial charge in [-0.05, 0) is 5.92 Å². The molecular formula is C15H22N6O4S2. The lowest BCUT2D eigenvalue weighted by Gasteiger charge is -2.11. The maximum atomic E-state index is 12.5. The molecule has 2 aromatic rings. The summed E-state index contributed by atoms with van der Waals surface area (Å²) in [6.07, 6.45) is 0. The number of ketones is 1. The predicted octanol–water partition coefficient (Wildman–Crippen LogP) is 0.660. The molecule has 2 aromatic heterocycles. The van der Waals surface area contributed by atoms with Crippen molar-refractivity contribution in [2.24, 2.45) is 5.92 Å². The van der Waals surface area contributed by atoms with Crippen LogP contribution in [0.5, 0.6) is 0 Å². The van der Waals surface area contributed by atoms with E-state index in [4.69, 9.17) is 10.5 Å². The van der Waals surface area contributed by atoms with Crippen molar-refractivity contribution >= 4 is 39.8 Å². The molecule has 0 aliphatic carbocycles. The van der Waals surface area contributed by atoms with Gasteiger partial charge in [0.05, 0.1) is 18.9 Å². The summed E-state index contributed by atoms with van der Waals surface area (Å²) in [4.78, 5) is 38.5. The highest BCUT2D eigenvalue weighted by Gasteiger charge is 2.20. The van der Waals surface area contributed by atoms with Crippen LogP contribution in [0.2, 0.25) is 0 Å². The van der Waals surface area contributed by atoms with E-state index in [9.17, 15) is 14.4 Å². The minimum absolute atomic E-state index is 0.0470. The number of methoxy groups -OCH3 is 1. The highest BCUT2D eigenvalue weighted by molar-refractivity contribution is 8.01. The molecule has 0 saturated heterocycles. The Morgan fingerprint density at radius 3 is 2.81 bits per heavy atom. The summed E-state index contributed by atoms with van der Waals surface area (Å²) in [6.45, 7) is 5.28.